The molecule has 1 N–H and O–H groups in total. The fourth-order valence-electron chi connectivity index (χ4n) is 1.34. The highest BCUT2D eigenvalue weighted by Gasteiger charge is 2.19. The number of carbonyl (C=O) groups is 2. The maximum atomic E-state index is 12.6. The van der Waals surface area contributed by atoms with E-state index in [0.29, 0.717) is 5.56 Å². The third kappa shape index (κ3) is 4.24. The largest absolute Gasteiger partial charge is 0.352 e. The summed E-state index contributed by atoms with van der Waals surface area (Å²) in [6.07, 6.45) is -1.69. The summed E-state index contributed by atoms with van der Waals surface area (Å²) in [5.74, 6) is -0.376. The highest BCUT2D eigenvalue weighted by Crippen LogP contribution is 2.22. The molecule has 0 aromatic carbocycles. The third-order valence-electron chi connectivity index (χ3n) is 2.38. The van der Waals surface area contributed by atoms with Crippen molar-refractivity contribution in [3.63, 3.8) is 0 Å². The predicted molar refractivity (Wildman–Crippen MR) is 66.1 cm³/mol. The number of hydrogen-bond donors (Lipinski definition) is 1. The number of pyridine rings is 1. The Bertz CT molecular complexity index is 493. The molecule has 0 aliphatic heterocycles. The summed E-state index contributed by atoms with van der Waals surface area (Å²) >= 11 is 5.24. The third-order valence-corrected chi connectivity index (χ3v) is 2.59. The Morgan fingerprint density at radius 2 is 2.05 bits per heavy atom. The first-order valence-electron chi connectivity index (χ1n) is 5.57. The SMILES string of the molecule is CC(C)C(=O)NCc1cnc(C(F)F)c(C(=O)Cl)c1. The van der Waals surface area contributed by atoms with Crippen LogP contribution in [0, 0.1) is 5.92 Å². The number of hydrogen-bond acceptors (Lipinski definition) is 3. The molecule has 7 heteroatoms. The van der Waals surface area contributed by atoms with Gasteiger partial charge in [0.15, 0.2) is 0 Å². The molecule has 1 heterocycles. The molecule has 19 heavy (non-hydrogen) atoms. The van der Waals surface area contributed by atoms with Crippen molar-refractivity contribution in [3.05, 3.63) is 29.1 Å². The molecule has 0 bridgehead atoms. The van der Waals surface area contributed by atoms with Crippen LogP contribution in [-0.4, -0.2) is 16.1 Å². The number of aromatic nitrogens is 1. The highest BCUT2D eigenvalue weighted by atomic mass is 35.5. The fourth-order valence-corrected chi connectivity index (χ4v) is 1.49. The van der Waals surface area contributed by atoms with Crippen LogP contribution in [0.4, 0.5) is 8.78 Å². The Labute approximate surface area is 114 Å². The number of amides is 1. The number of halogens is 3. The molecule has 1 amide bonds. The van der Waals surface area contributed by atoms with Crippen LogP contribution in [0.2, 0.25) is 0 Å². The van der Waals surface area contributed by atoms with E-state index in [1.165, 1.54) is 12.3 Å². The van der Waals surface area contributed by atoms with Gasteiger partial charge >= 0.3 is 0 Å². The molecule has 4 nitrogen and oxygen atoms in total. The fraction of sp³-hybridized carbons (Fsp3) is 0.417. The van der Waals surface area contributed by atoms with Crippen LogP contribution in [0.3, 0.4) is 0 Å². The number of carbonyl (C=O) groups excluding carboxylic acids is 2. The number of alkyl halides is 2. The molecule has 0 atom stereocenters. The van der Waals surface area contributed by atoms with Crippen molar-refractivity contribution in [2.75, 3.05) is 0 Å². The van der Waals surface area contributed by atoms with E-state index in [9.17, 15) is 18.4 Å². The monoisotopic (exact) mass is 290 g/mol. The molecule has 0 saturated heterocycles. The van der Waals surface area contributed by atoms with E-state index in [-0.39, 0.29) is 23.9 Å². The van der Waals surface area contributed by atoms with E-state index in [1.807, 2.05) is 0 Å². The maximum Gasteiger partial charge on any atom is 0.281 e. The van der Waals surface area contributed by atoms with E-state index < -0.39 is 17.4 Å². The van der Waals surface area contributed by atoms with Gasteiger partial charge in [0.05, 0.1) is 5.56 Å². The number of rotatable bonds is 5. The number of nitrogens with one attached hydrogen (secondary N) is 1. The Morgan fingerprint density at radius 1 is 1.42 bits per heavy atom. The summed E-state index contributed by atoms with van der Waals surface area (Å²) in [7, 11) is 0. The van der Waals surface area contributed by atoms with Crippen molar-refractivity contribution in [2.45, 2.75) is 26.8 Å². The van der Waals surface area contributed by atoms with Gasteiger partial charge in [-0.1, -0.05) is 13.8 Å². The summed E-state index contributed by atoms with van der Waals surface area (Å²) in [5, 5.41) is 1.59. The normalized spacial score (nSPS) is 10.9. The second kappa shape index (κ2) is 6.56. The smallest absolute Gasteiger partial charge is 0.281 e. The summed E-state index contributed by atoms with van der Waals surface area (Å²) in [5.41, 5.74) is -0.561. The van der Waals surface area contributed by atoms with Crippen LogP contribution in [-0.2, 0) is 11.3 Å². The molecule has 104 valence electrons. The van der Waals surface area contributed by atoms with Crippen molar-refractivity contribution >= 4 is 22.8 Å². The van der Waals surface area contributed by atoms with Gasteiger partial charge in [-0.15, -0.1) is 0 Å². The molecule has 0 unspecified atom stereocenters. The van der Waals surface area contributed by atoms with Crippen LogP contribution in [0.1, 0.15) is 41.9 Å². The first-order chi connectivity index (χ1) is 8.82. The summed E-state index contributed by atoms with van der Waals surface area (Å²) in [6.45, 7) is 3.55. The Hall–Kier alpha value is -1.56. The predicted octanol–water partition coefficient (Wildman–Crippen LogP) is 2.67. The average molecular weight is 291 g/mol. The summed E-state index contributed by atoms with van der Waals surface area (Å²) in [4.78, 5) is 26.0. The maximum absolute atomic E-state index is 12.6. The molecule has 0 radical (unpaired) electrons. The van der Waals surface area contributed by atoms with Gasteiger partial charge in [0.25, 0.3) is 11.7 Å². The van der Waals surface area contributed by atoms with Crippen molar-refractivity contribution in [3.8, 4) is 0 Å². The lowest BCUT2D eigenvalue weighted by atomic mass is 10.1. The van der Waals surface area contributed by atoms with Gasteiger partial charge in [0.2, 0.25) is 5.91 Å². The minimum Gasteiger partial charge on any atom is -0.352 e. The van der Waals surface area contributed by atoms with Gasteiger partial charge in [-0.05, 0) is 23.2 Å². The molecule has 1 rings (SSSR count). The van der Waals surface area contributed by atoms with Crippen molar-refractivity contribution in [1.82, 2.24) is 10.3 Å². The average Bonchev–Trinajstić information content (AvgIpc) is 2.35. The highest BCUT2D eigenvalue weighted by molar-refractivity contribution is 6.67. The van der Waals surface area contributed by atoms with Gasteiger partial charge in [0, 0.05) is 18.7 Å². The van der Waals surface area contributed by atoms with E-state index in [2.05, 4.69) is 10.3 Å². The lowest BCUT2D eigenvalue weighted by Gasteiger charge is -2.10. The van der Waals surface area contributed by atoms with Crippen LogP contribution in [0.5, 0.6) is 0 Å². The molecular weight excluding hydrogens is 278 g/mol. The lowest BCUT2D eigenvalue weighted by Crippen LogP contribution is -2.27. The zero-order chi connectivity index (χ0) is 14.6. The van der Waals surface area contributed by atoms with E-state index in [0.717, 1.165) is 0 Å². The van der Waals surface area contributed by atoms with Crippen molar-refractivity contribution in [2.24, 2.45) is 5.92 Å². The topological polar surface area (TPSA) is 59.1 Å². The van der Waals surface area contributed by atoms with E-state index >= 15 is 0 Å². The zero-order valence-electron chi connectivity index (χ0n) is 10.4. The first kappa shape index (κ1) is 15.5. The molecule has 1 aromatic rings. The lowest BCUT2D eigenvalue weighted by molar-refractivity contribution is -0.124. The van der Waals surface area contributed by atoms with Gasteiger partial charge in [-0.3, -0.25) is 14.6 Å². The Kier molecular flexibility index (Phi) is 5.35. The number of nitrogens with zero attached hydrogens (tertiary/aromatic N) is 1. The molecule has 1 aromatic heterocycles. The van der Waals surface area contributed by atoms with Crippen LogP contribution in [0.15, 0.2) is 12.3 Å². The summed E-state index contributed by atoms with van der Waals surface area (Å²) < 4.78 is 25.2. The van der Waals surface area contributed by atoms with Crippen LogP contribution < -0.4 is 5.32 Å². The molecule has 0 aliphatic carbocycles. The van der Waals surface area contributed by atoms with E-state index in [1.54, 1.807) is 13.8 Å². The van der Waals surface area contributed by atoms with Gasteiger partial charge in [-0.25, -0.2) is 8.78 Å². The molecular formula is C12H13ClF2N2O2. The van der Waals surface area contributed by atoms with Gasteiger partial charge in [0.1, 0.15) is 5.69 Å². The Balaban J connectivity index is 2.90. The molecule has 0 spiro atoms. The Morgan fingerprint density at radius 3 is 2.53 bits per heavy atom. The summed E-state index contributed by atoms with van der Waals surface area (Å²) in [6, 6.07) is 1.21. The van der Waals surface area contributed by atoms with Crippen molar-refractivity contribution < 1.29 is 18.4 Å². The minimum absolute atomic E-state index is 0.102. The molecule has 0 aliphatic rings. The second-order valence-corrected chi connectivity index (χ2v) is 4.57. The standard InChI is InChI=1S/C12H13ClF2N2O2/c1-6(2)12(19)17-5-7-3-8(10(13)18)9(11(14)15)16-4-7/h3-4,6,11H,5H2,1-2H3,(H,17,19). The van der Waals surface area contributed by atoms with Crippen LogP contribution >= 0.6 is 11.6 Å². The molecule has 0 fully saturated rings. The minimum atomic E-state index is -2.88. The van der Waals surface area contributed by atoms with Gasteiger partial charge in [-0.2, -0.15) is 0 Å². The zero-order valence-corrected chi connectivity index (χ0v) is 11.2. The van der Waals surface area contributed by atoms with E-state index in [4.69, 9.17) is 11.6 Å². The quantitative estimate of drug-likeness (QED) is 0.848. The first-order valence-corrected chi connectivity index (χ1v) is 5.95. The molecule has 0 saturated carbocycles. The van der Waals surface area contributed by atoms with Crippen LogP contribution in [0.25, 0.3) is 0 Å². The second-order valence-electron chi connectivity index (χ2n) is 4.22. The van der Waals surface area contributed by atoms with Crippen molar-refractivity contribution in [1.29, 1.82) is 0 Å². The van der Waals surface area contributed by atoms with Gasteiger partial charge < -0.3 is 5.32 Å².